The van der Waals surface area contributed by atoms with Crippen molar-refractivity contribution in [2.45, 2.75) is 0 Å². The lowest BCUT2D eigenvalue weighted by Gasteiger charge is -2.22. The van der Waals surface area contributed by atoms with Gasteiger partial charge in [0.1, 0.15) is 11.5 Å². The first kappa shape index (κ1) is 17.2. The molecule has 7 aromatic carbocycles. The van der Waals surface area contributed by atoms with Crippen LogP contribution in [-0.4, -0.2) is 0 Å². The molecule has 1 heterocycles. The lowest BCUT2D eigenvalue weighted by atomic mass is 9.88. The Labute approximate surface area is 190 Å². The molecule has 0 unspecified atom stereocenters. The molecule has 1 heteroatoms. The Morgan fingerprint density at radius 3 is 1.88 bits per heavy atom. The maximum atomic E-state index is 6.44. The molecule has 33 heavy (non-hydrogen) atoms. The Morgan fingerprint density at radius 1 is 0.394 bits per heavy atom. The summed E-state index contributed by atoms with van der Waals surface area (Å²) in [5, 5.41) is 10.3. The minimum atomic E-state index is 0.921. The second kappa shape index (κ2) is 6.11. The van der Waals surface area contributed by atoms with Crippen molar-refractivity contribution in [3.63, 3.8) is 0 Å². The van der Waals surface area contributed by atoms with Crippen LogP contribution in [0, 0.1) is 0 Å². The predicted molar refractivity (Wildman–Crippen MR) is 139 cm³/mol. The molecule has 7 aromatic rings. The molecule has 1 aliphatic heterocycles. The third-order valence-corrected chi connectivity index (χ3v) is 7.20. The maximum absolute atomic E-state index is 6.44. The van der Waals surface area contributed by atoms with Crippen LogP contribution in [0.15, 0.2) is 109 Å². The number of hydrogen-bond donors (Lipinski definition) is 0. The van der Waals surface area contributed by atoms with Gasteiger partial charge in [0.15, 0.2) is 0 Å². The molecule has 0 amide bonds. The predicted octanol–water partition coefficient (Wildman–Crippen LogP) is 9.18. The van der Waals surface area contributed by atoms with Gasteiger partial charge in [0.25, 0.3) is 0 Å². The Bertz CT molecular complexity index is 1870. The van der Waals surface area contributed by atoms with E-state index in [0.29, 0.717) is 0 Å². The highest BCUT2D eigenvalue weighted by Gasteiger charge is 2.21. The Morgan fingerprint density at radius 2 is 1.03 bits per heavy atom. The largest absolute Gasteiger partial charge is 0.456 e. The van der Waals surface area contributed by atoms with Crippen molar-refractivity contribution >= 4 is 43.1 Å². The first-order valence-corrected chi connectivity index (χ1v) is 11.4. The molecular formula is C32H18O. The summed E-state index contributed by atoms with van der Waals surface area (Å²) >= 11 is 0. The summed E-state index contributed by atoms with van der Waals surface area (Å²) in [6.07, 6.45) is 0. The fourth-order valence-electron chi connectivity index (χ4n) is 5.72. The molecule has 1 nitrogen and oxygen atoms in total. The van der Waals surface area contributed by atoms with Gasteiger partial charge in [-0.2, -0.15) is 0 Å². The van der Waals surface area contributed by atoms with E-state index in [1.807, 2.05) is 0 Å². The van der Waals surface area contributed by atoms with Crippen molar-refractivity contribution < 1.29 is 4.74 Å². The Kier molecular flexibility index (Phi) is 3.19. The van der Waals surface area contributed by atoms with Crippen LogP contribution in [0.25, 0.3) is 65.3 Å². The van der Waals surface area contributed by atoms with Crippen molar-refractivity contribution in [2.75, 3.05) is 0 Å². The van der Waals surface area contributed by atoms with E-state index in [0.717, 1.165) is 17.1 Å². The standard InChI is InChI=1S/C32H18O/c1-4-20-10-11-22-12-15-24(27-17-13-21(5-1)30(20)32(22)27)23-14-16-25-26-8-2-6-19-7-3-9-28(31(19)26)33-29(25)18-23/h1-18H. The summed E-state index contributed by atoms with van der Waals surface area (Å²) in [6, 6.07) is 39.5. The third kappa shape index (κ3) is 2.26. The number of hydrogen-bond acceptors (Lipinski definition) is 1. The summed E-state index contributed by atoms with van der Waals surface area (Å²) in [4.78, 5) is 0. The minimum absolute atomic E-state index is 0.921. The van der Waals surface area contributed by atoms with E-state index in [9.17, 15) is 0 Å². The van der Waals surface area contributed by atoms with E-state index in [2.05, 4.69) is 109 Å². The van der Waals surface area contributed by atoms with Crippen LogP contribution in [0.1, 0.15) is 0 Å². The SMILES string of the molecule is c1cc2c3c(cccc3c1)-c1ccc(-c3ccc4ccc5cccc6ccc3c4c56)cc1O2. The molecule has 0 spiro atoms. The fourth-order valence-corrected chi connectivity index (χ4v) is 5.72. The zero-order valence-electron chi connectivity index (χ0n) is 17.8. The summed E-state index contributed by atoms with van der Waals surface area (Å²) in [5.41, 5.74) is 4.81. The lowest BCUT2D eigenvalue weighted by Crippen LogP contribution is -1.97. The van der Waals surface area contributed by atoms with Crippen molar-refractivity contribution in [1.82, 2.24) is 0 Å². The zero-order chi connectivity index (χ0) is 21.5. The van der Waals surface area contributed by atoms with Gasteiger partial charge in [-0.05, 0) is 72.6 Å². The van der Waals surface area contributed by atoms with Crippen LogP contribution < -0.4 is 4.74 Å². The van der Waals surface area contributed by atoms with E-state index in [-0.39, 0.29) is 0 Å². The summed E-state index contributed by atoms with van der Waals surface area (Å²) in [7, 11) is 0. The highest BCUT2D eigenvalue weighted by molar-refractivity contribution is 6.25. The molecule has 0 bridgehead atoms. The molecule has 0 aromatic heterocycles. The first-order chi connectivity index (χ1) is 16.3. The van der Waals surface area contributed by atoms with E-state index in [4.69, 9.17) is 4.74 Å². The van der Waals surface area contributed by atoms with Crippen LogP contribution in [0.5, 0.6) is 11.5 Å². The van der Waals surface area contributed by atoms with Gasteiger partial charge < -0.3 is 4.74 Å². The van der Waals surface area contributed by atoms with Gasteiger partial charge in [0.05, 0.1) is 0 Å². The van der Waals surface area contributed by atoms with Crippen LogP contribution in [-0.2, 0) is 0 Å². The Hall–Kier alpha value is -4.36. The van der Waals surface area contributed by atoms with E-state index >= 15 is 0 Å². The van der Waals surface area contributed by atoms with E-state index < -0.39 is 0 Å². The van der Waals surface area contributed by atoms with Crippen molar-refractivity contribution in [2.24, 2.45) is 0 Å². The second-order valence-electron chi connectivity index (χ2n) is 8.94. The maximum Gasteiger partial charge on any atom is 0.135 e. The number of benzene rings is 7. The quantitative estimate of drug-likeness (QED) is 0.241. The number of ether oxygens (including phenoxy) is 1. The highest BCUT2D eigenvalue weighted by atomic mass is 16.5. The monoisotopic (exact) mass is 418 g/mol. The van der Waals surface area contributed by atoms with Crippen LogP contribution in [0.2, 0.25) is 0 Å². The molecule has 152 valence electrons. The van der Waals surface area contributed by atoms with Crippen molar-refractivity contribution in [3.05, 3.63) is 109 Å². The molecule has 0 N–H and O–H groups in total. The average Bonchev–Trinajstić information content (AvgIpc) is 2.87. The van der Waals surface area contributed by atoms with Gasteiger partial charge in [0, 0.05) is 10.9 Å². The molecule has 1 aliphatic rings. The molecule has 0 fully saturated rings. The Balaban J connectivity index is 1.39. The lowest BCUT2D eigenvalue weighted by molar-refractivity contribution is 0.487. The number of fused-ring (bicyclic) bond motifs is 2. The second-order valence-corrected chi connectivity index (χ2v) is 8.94. The highest BCUT2D eigenvalue weighted by Crippen LogP contribution is 2.48. The molecule has 0 saturated carbocycles. The third-order valence-electron chi connectivity index (χ3n) is 7.20. The average molecular weight is 418 g/mol. The van der Waals surface area contributed by atoms with Crippen LogP contribution >= 0.6 is 0 Å². The summed E-state index contributed by atoms with van der Waals surface area (Å²) in [5.74, 6) is 1.85. The minimum Gasteiger partial charge on any atom is -0.456 e. The first-order valence-electron chi connectivity index (χ1n) is 11.4. The molecule has 0 aliphatic carbocycles. The van der Waals surface area contributed by atoms with Gasteiger partial charge in [-0.15, -0.1) is 0 Å². The molecule has 0 radical (unpaired) electrons. The molecule has 0 atom stereocenters. The van der Waals surface area contributed by atoms with Gasteiger partial charge >= 0.3 is 0 Å². The number of rotatable bonds is 1. The smallest absolute Gasteiger partial charge is 0.135 e. The summed E-state index contributed by atoms with van der Waals surface area (Å²) in [6.45, 7) is 0. The van der Waals surface area contributed by atoms with Crippen LogP contribution in [0.3, 0.4) is 0 Å². The van der Waals surface area contributed by atoms with E-state index in [1.54, 1.807) is 0 Å². The van der Waals surface area contributed by atoms with Gasteiger partial charge in [-0.25, -0.2) is 0 Å². The van der Waals surface area contributed by atoms with Crippen molar-refractivity contribution in [1.29, 1.82) is 0 Å². The topological polar surface area (TPSA) is 9.23 Å². The molecular weight excluding hydrogens is 400 g/mol. The molecule has 8 rings (SSSR count). The van der Waals surface area contributed by atoms with Gasteiger partial charge in [-0.1, -0.05) is 91.0 Å². The van der Waals surface area contributed by atoms with Gasteiger partial charge in [-0.3, -0.25) is 0 Å². The normalized spacial score (nSPS) is 12.5. The van der Waals surface area contributed by atoms with Crippen LogP contribution in [0.4, 0.5) is 0 Å². The van der Waals surface area contributed by atoms with E-state index in [1.165, 1.54) is 59.8 Å². The zero-order valence-corrected chi connectivity index (χ0v) is 17.8. The summed E-state index contributed by atoms with van der Waals surface area (Å²) < 4.78 is 6.44. The van der Waals surface area contributed by atoms with Crippen molar-refractivity contribution in [3.8, 4) is 33.8 Å². The molecule has 0 saturated heterocycles. The fraction of sp³-hybridized carbons (Fsp3) is 0. The van der Waals surface area contributed by atoms with Gasteiger partial charge in [0.2, 0.25) is 0 Å².